The third-order valence-electron chi connectivity index (χ3n) is 9.39. The van der Waals surface area contributed by atoms with Crippen LogP contribution in [0.5, 0.6) is 5.75 Å². The molecule has 1 aromatic heterocycles. The minimum Gasteiger partial charge on any atom is -0.463 e. The number of carbonyl (C=O) groups excluding carboxylic acids is 3. The Balaban J connectivity index is 1.06. The van der Waals surface area contributed by atoms with E-state index in [-0.39, 0.29) is 49.3 Å². The summed E-state index contributed by atoms with van der Waals surface area (Å²) in [5.74, 6) is 49.0. The lowest BCUT2D eigenvalue weighted by molar-refractivity contribution is -0.157. The number of Topliss-reactive ketones (excluding diaryl/α,β-unsaturated/α-hetero) is 1. The van der Waals surface area contributed by atoms with Gasteiger partial charge in [-0.05, 0) is 115 Å². The fraction of sp³-hybridized carbons (Fsp3) is 0.190. The van der Waals surface area contributed by atoms with Crippen LogP contribution in [0.15, 0.2) is 95.9 Å². The summed E-state index contributed by atoms with van der Waals surface area (Å²) in [6.45, 7) is 1.97. The molecule has 10 nitrogen and oxygen atoms in total. The molecule has 1 N–H and O–H groups in total. The highest BCUT2D eigenvalue weighted by Crippen LogP contribution is 2.31. The SMILES string of the molecule is C#CC#CC#CC#CC#CC#CC#CC#CC#CC#CC#COc1ccc(C(CC(=O)CCC(=O)OC[C@@H]2CCC[C@H](n3ccc(NC(=O)c4ccccc4)nc3=O)O2)c2ccc(C)cc2)cc1. The number of anilines is 1. The van der Waals surface area contributed by atoms with Crippen molar-refractivity contribution in [2.45, 2.75) is 63.7 Å². The number of nitrogens with zero attached hydrogens (tertiary/aromatic N) is 2. The first kappa shape index (κ1) is 49.1. The second-order valence-electron chi connectivity index (χ2n) is 14.1. The number of amides is 1. The van der Waals surface area contributed by atoms with Gasteiger partial charge in [0.15, 0.2) is 0 Å². The first-order valence-electron chi connectivity index (χ1n) is 20.9. The number of terminal acetylenes is 1. The molecule has 2 heterocycles. The maximum Gasteiger partial charge on any atom is 0.351 e. The molecule has 0 aliphatic carbocycles. The third-order valence-corrected chi connectivity index (χ3v) is 9.39. The molecular formula is C58H37N3O7. The normalized spacial score (nSPS) is 12.6. The Bertz CT molecular complexity index is 3280. The van der Waals surface area contributed by atoms with Crippen molar-refractivity contribution in [2.75, 3.05) is 11.9 Å². The van der Waals surface area contributed by atoms with Crippen molar-refractivity contribution in [3.05, 3.63) is 124 Å². The molecule has 326 valence electrons. The number of rotatable bonds is 13. The van der Waals surface area contributed by atoms with Crippen LogP contribution in [0, 0.1) is 138 Å². The largest absolute Gasteiger partial charge is 0.463 e. The second-order valence-corrected chi connectivity index (χ2v) is 14.1. The molecule has 0 bridgehead atoms. The summed E-state index contributed by atoms with van der Waals surface area (Å²) in [6.07, 6.45) is 9.93. The maximum absolute atomic E-state index is 13.3. The number of aryl methyl sites for hydroxylation is 1. The Morgan fingerprint density at radius 1 is 0.721 bits per heavy atom. The predicted octanol–water partition coefficient (Wildman–Crippen LogP) is 5.99. The number of esters is 1. The van der Waals surface area contributed by atoms with Crippen LogP contribution in [0.2, 0.25) is 0 Å². The summed E-state index contributed by atoms with van der Waals surface area (Å²) in [5.41, 5.74) is 2.77. The van der Waals surface area contributed by atoms with Crippen LogP contribution in [-0.4, -0.2) is 39.9 Å². The highest BCUT2D eigenvalue weighted by Gasteiger charge is 2.26. The predicted molar refractivity (Wildman–Crippen MR) is 257 cm³/mol. The van der Waals surface area contributed by atoms with E-state index in [0.29, 0.717) is 24.2 Å². The Morgan fingerprint density at radius 3 is 1.85 bits per heavy atom. The van der Waals surface area contributed by atoms with E-state index in [1.54, 1.807) is 42.5 Å². The van der Waals surface area contributed by atoms with Crippen LogP contribution >= 0.6 is 0 Å². The lowest BCUT2D eigenvalue weighted by atomic mass is 9.86. The molecule has 1 aliphatic rings. The van der Waals surface area contributed by atoms with Crippen molar-refractivity contribution < 1.29 is 28.6 Å². The first-order valence-corrected chi connectivity index (χ1v) is 20.9. The quantitative estimate of drug-likeness (QED) is 0.128. The summed E-state index contributed by atoms with van der Waals surface area (Å²) in [4.78, 5) is 55.5. The van der Waals surface area contributed by atoms with E-state index in [1.165, 1.54) is 16.8 Å². The lowest BCUT2D eigenvalue weighted by Crippen LogP contribution is -2.35. The average molecular weight is 888 g/mol. The fourth-order valence-electron chi connectivity index (χ4n) is 6.19. The van der Waals surface area contributed by atoms with Gasteiger partial charge in [-0.25, -0.2) is 4.79 Å². The molecule has 3 atom stereocenters. The number of hydrogen-bond acceptors (Lipinski definition) is 8. The molecule has 5 rings (SSSR count). The smallest absolute Gasteiger partial charge is 0.351 e. The number of ketones is 1. The number of nitrogens with one attached hydrogen (secondary N) is 1. The molecule has 0 saturated carbocycles. The van der Waals surface area contributed by atoms with E-state index in [0.717, 1.165) is 23.1 Å². The van der Waals surface area contributed by atoms with Gasteiger partial charge < -0.3 is 19.5 Å². The van der Waals surface area contributed by atoms with Crippen LogP contribution in [0.3, 0.4) is 0 Å². The summed E-state index contributed by atoms with van der Waals surface area (Å²) in [7, 11) is 0. The Hall–Kier alpha value is -9.93. The number of hydrogen-bond donors (Lipinski definition) is 1. The molecule has 1 aliphatic heterocycles. The maximum atomic E-state index is 13.3. The van der Waals surface area contributed by atoms with Crippen molar-refractivity contribution in [1.82, 2.24) is 9.55 Å². The molecule has 1 fully saturated rings. The van der Waals surface area contributed by atoms with Gasteiger partial charge in [-0.3, -0.25) is 19.0 Å². The van der Waals surface area contributed by atoms with Crippen LogP contribution in [0.4, 0.5) is 5.82 Å². The molecule has 10 heteroatoms. The minimum absolute atomic E-state index is 0.000816. The van der Waals surface area contributed by atoms with Gasteiger partial charge in [0.2, 0.25) is 0 Å². The van der Waals surface area contributed by atoms with Gasteiger partial charge in [0.1, 0.15) is 36.3 Å². The van der Waals surface area contributed by atoms with Crippen molar-refractivity contribution in [2.24, 2.45) is 0 Å². The number of carbonyl (C=O) groups is 3. The first-order chi connectivity index (χ1) is 33.3. The Kier molecular flexibility index (Phi) is 20.2. The molecule has 0 spiro atoms. The molecule has 4 aromatic rings. The fourth-order valence-corrected chi connectivity index (χ4v) is 6.19. The van der Waals surface area contributed by atoms with Gasteiger partial charge in [-0.2, -0.15) is 4.98 Å². The zero-order valence-corrected chi connectivity index (χ0v) is 36.7. The number of aromatic nitrogens is 2. The highest BCUT2D eigenvalue weighted by atomic mass is 16.6. The van der Waals surface area contributed by atoms with Crippen LogP contribution in [0.25, 0.3) is 0 Å². The average Bonchev–Trinajstić information content (AvgIpc) is 3.35. The van der Waals surface area contributed by atoms with Crippen molar-refractivity contribution in [1.29, 1.82) is 0 Å². The van der Waals surface area contributed by atoms with E-state index < -0.39 is 24.0 Å². The molecular weight excluding hydrogens is 851 g/mol. The second kappa shape index (κ2) is 28.0. The lowest BCUT2D eigenvalue weighted by Gasteiger charge is -2.30. The van der Waals surface area contributed by atoms with Crippen LogP contribution in [0.1, 0.15) is 77.7 Å². The van der Waals surface area contributed by atoms with E-state index in [2.05, 4.69) is 135 Å². The number of ether oxygens (including phenoxy) is 3. The monoisotopic (exact) mass is 887 g/mol. The molecule has 1 saturated heterocycles. The van der Waals surface area contributed by atoms with Gasteiger partial charge >= 0.3 is 11.7 Å². The molecule has 1 amide bonds. The van der Waals surface area contributed by atoms with E-state index in [1.807, 2.05) is 43.3 Å². The highest BCUT2D eigenvalue weighted by molar-refractivity contribution is 6.03. The van der Waals surface area contributed by atoms with Gasteiger partial charge in [0, 0.05) is 102 Å². The number of benzene rings is 3. The summed E-state index contributed by atoms with van der Waals surface area (Å²) < 4.78 is 18.5. The Labute approximate surface area is 396 Å². The van der Waals surface area contributed by atoms with Crippen LogP contribution < -0.4 is 15.7 Å². The summed E-state index contributed by atoms with van der Waals surface area (Å²) in [5, 5.41) is 2.63. The minimum atomic E-state index is -0.618. The zero-order valence-electron chi connectivity index (χ0n) is 36.7. The van der Waals surface area contributed by atoms with Crippen molar-refractivity contribution in [3.63, 3.8) is 0 Å². The summed E-state index contributed by atoms with van der Waals surface area (Å²) >= 11 is 0. The van der Waals surface area contributed by atoms with Crippen LogP contribution in [-0.2, 0) is 19.1 Å². The zero-order chi connectivity index (χ0) is 48.0. The molecule has 68 heavy (non-hydrogen) atoms. The van der Waals surface area contributed by atoms with E-state index in [9.17, 15) is 19.2 Å². The summed E-state index contributed by atoms with van der Waals surface area (Å²) in [6, 6.07) is 25.3. The van der Waals surface area contributed by atoms with Gasteiger partial charge in [0.05, 0.1) is 12.5 Å². The van der Waals surface area contributed by atoms with Gasteiger partial charge in [0.25, 0.3) is 5.91 Å². The topological polar surface area (TPSA) is 126 Å². The van der Waals surface area contributed by atoms with Crippen molar-refractivity contribution >= 4 is 23.5 Å². The third kappa shape index (κ3) is 17.7. The van der Waals surface area contributed by atoms with Gasteiger partial charge in [-0.1, -0.05) is 60.2 Å². The molecule has 1 unspecified atom stereocenters. The van der Waals surface area contributed by atoms with E-state index in [4.69, 9.17) is 20.6 Å². The van der Waals surface area contributed by atoms with Crippen molar-refractivity contribution in [3.8, 4) is 137 Å². The molecule has 3 aromatic carbocycles. The molecule has 0 radical (unpaired) electrons. The van der Waals surface area contributed by atoms with Gasteiger partial charge in [-0.15, -0.1) is 6.42 Å². The Morgan fingerprint density at radius 2 is 1.28 bits per heavy atom. The standard InChI is InChI=1S/C58H37N3O7/c1-3-4-5-6-7-8-9-10-11-12-13-14-15-16-17-18-19-20-21-25-43-66-51-38-35-48(36-39-51)53(47-33-31-46(2)32-34-47)44-50(62)37-40-56(63)67-45-52-29-26-30-55(68-52)61-42-41-54(60-58(61)65)59-57(64)49-27-23-22-24-28-49/h1,22-24,27-28,31-36,38-39,41-42,52-53,55H,26,29-30,37,40,44-45H2,2H3,(H,59,60,64,65)/t52-,53?,55+/m0/s1. The van der Waals surface area contributed by atoms with E-state index >= 15 is 0 Å².